The van der Waals surface area contributed by atoms with E-state index in [-0.39, 0.29) is 0 Å². The van der Waals surface area contributed by atoms with Gasteiger partial charge >= 0.3 is 0 Å². The normalized spacial score (nSPS) is 18.8. The third kappa shape index (κ3) is 3.93. The van der Waals surface area contributed by atoms with Crippen molar-refractivity contribution in [3.05, 3.63) is 23.9 Å². The molecule has 20 heavy (non-hydrogen) atoms. The molecule has 1 unspecified atom stereocenters. The zero-order valence-electron chi connectivity index (χ0n) is 12.1. The van der Waals surface area contributed by atoms with Gasteiger partial charge in [-0.15, -0.1) is 0 Å². The van der Waals surface area contributed by atoms with E-state index in [0.29, 0.717) is 11.6 Å². The number of nitrogens with zero attached hydrogens (tertiary/aromatic N) is 2. The Labute approximate surface area is 120 Å². The Morgan fingerprint density at radius 2 is 2.40 bits per heavy atom. The van der Waals surface area contributed by atoms with Gasteiger partial charge in [0.25, 0.3) is 5.91 Å². The molecule has 1 aromatic rings. The van der Waals surface area contributed by atoms with Crippen molar-refractivity contribution in [1.82, 2.24) is 10.3 Å². The van der Waals surface area contributed by atoms with Gasteiger partial charge < -0.3 is 16.0 Å². The van der Waals surface area contributed by atoms with Gasteiger partial charge in [-0.2, -0.15) is 0 Å². The minimum Gasteiger partial charge on any atom is -0.364 e. The molecule has 2 heterocycles. The Morgan fingerprint density at radius 3 is 3.05 bits per heavy atom. The first-order valence-electron chi connectivity index (χ1n) is 7.43. The minimum absolute atomic E-state index is 0.338. The molecule has 1 aliphatic rings. The van der Waals surface area contributed by atoms with E-state index < -0.39 is 5.91 Å². The molecular formula is C15H24N4O. The molecule has 1 amide bonds. The van der Waals surface area contributed by atoms with Gasteiger partial charge in [0.2, 0.25) is 0 Å². The third-order valence-electron chi connectivity index (χ3n) is 3.68. The highest BCUT2D eigenvalue weighted by Crippen LogP contribution is 2.18. The summed E-state index contributed by atoms with van der Waals surface area (Å²) in [5.41, 5.74) is 5.65. The van der Waals surface area contributed by atoms with Crippen LogP contribution in [0.1, 0.15) is 36.7 Å². The number of nitrogens with two attached hydrogens (primary N) is 1. The van der Waals surface area contributed by atoms with Gasteiger partial charge in [0, 0.05) is 13.1 Å². The standard InChI is InChI=1S/C15H24N4O/c1-2-9-19(11-12-5-4-8-17-10-12)14-7-3-6-13(18-14)15(16)20/h3,6-7,12,17H,2,4-5,8-11H2,1H3,(H2,16,20). The maximum absolute atomic E-state index is 11.3. The predicted octanol–water partition coefficient (Wildman–Crippen LogP) is 1.40. The van der Waals surface area contributed by atoms with Gasteiger partial charge in [-0.1, -0.05) is 13.0 Å². The lowest BCUT2D eigenvalue weighted by molar-refractivity contribution is 0.0995. The molecule has 1 atom stereocenters. The first kappa shape index (κ1) is 14.8. The van der Waals surface area contributed by atoms with E-state index in [2.05, 4.69) is 22.1 Å². The molecule has 0 bridgehead atoms. The molecule has 0 aliphatic carbocycles. The number of hydrogen-bond acceptors (Lipinski definition) is 4. The zero-order chi connectivity index (χ0) is 14.4. The van der Waals surface area contributed by atoms with Crippen molar-refractivity contribution < 1.29 is 4.79 Å². The fraction of sp³-hybridized carbons (Fsp3) is 0.600. The molecule has 1 saturated heterocycles. The number of hydrogen-bond donors (Lipinski definition) is 2. The highest BCUT2D eigenvalue weighted by Gasteiger charge is 2.18. The van der Waals surface area contributed by atoms with Crippen LogP contribution in [0.2, 0.25) is 0 Å². The SMILES string of the molecule is CCCN(CC1CCCNC1)c1cccc(C(N)=O)n1. The number of amides is 1. The van der Waals surface area contributed by atoms with Crippen molar-refractivity contribution in [2.45, 2.75) is 26.2 Å². The van der Waals surface area contributed by atoms with Crippen LogP contribution in [0.15, 0.2) is 18.2 Å². The second-order valence-electron chi connectivity index (χ2n) is 5.40. The van der Waals surface area contributed by atoms with Crippen LogP contribution in [0.3, 0.4) is 0 Å². The summed E-state index contributed by atoms with van der Waals surface area (Å²) in [6.45, 7) is 6.28. The van der Waals surface area contributed by atoms with Crippen molar-refractivity contribution in [2.75, 3.05) is 31.1 Å². The Balaban J connectivity index is 2.10. The number of nitrogens with one attached hydrogen (secondary N) is 1. The lowest BCUT2D eigenvalue weighted by atomic mass is 9.99. The van der Waals surface area contributed by atoms with Crippen molar-refractivity contribution >= 4 is 11.7 Å². The van der Waals surface area contributed by atoms with Crippen LogP contribution in [0.4, 0.5) is 5.82 Å². The molecular weight excluding hydrogens is 252 g/mol. The van der Waals surface area contributed by atoms with Crippen molar-refractivity contribution in [3.8, 4) is 0 Å². The van der Waals surface area contributed by atoms with Gasteiger partial charge in [0.05, 0.1) is 0 Å². The lowest BCUT2D eigenvalue weighted by Crippen LogP contribution is -2.39. The molecule has 5 nitrogen and oxygen atoms in total. The van der Waals surface area contributed by atoms with E-state index in [1.807, 2.05) is 12.1 Å². The third-order valence-corrected chi connectivity index (χ3v) is 3.68. The quantitative estimate of drug-likeness (QED) is 0.824. The molecule has 0 radical (unpaired) electrons. The topological polar surface area (TPSA) is 71.2 Å². The number of pyridine rings is 1. The summed E-state index contributed by atoms with van der Waals surface area (Å²) in [5, 5.41) is 3.44. The van der Waals surface area contributed by atoms with Crippen LogP contribution < -0.4 is 16.0 Å². The van der Waals surface area contributed by atoms with Crippen LogP contribution in [0.25, 0.3) is 0 Å². The molecule has 2 rings (SSSR count). The molecule has 1 aliphatic heterocycles. The Hall–Kier alpha value is -1.62. The number of primary amides is 1. The fourth-order valence-electron chi connectivity index (χ4n) is 2.70. The Bertz CT molecular complexity index is 443. The van der Waals surface area contributed by atoms with Crippen molar-refractivity contribution in [1.29, 1.82) is 0 Å². The Kier molecular flexibility index (Phi) is 5.35. The summed E-state index contributed by atoms with van der Waals surface area (Å²) in [4.78, 5) is 17.9. The predicted molar refractivity (Wildman–Crippen MR) is 80.9 cm³/mol. The van der Waals surface area contributed by atoms with Crippen LogP contribution in [-0.2, 0) is 0 Å². The van der Waals surface area contributed by atoms with Gasteiger partial charge in [-0.3, -0.25) is 4.79 Å². The van der Waals surface area contributed by atoms with E-state index in [9.17, 15) is 4.79 Å². The van der Waals surface area contributed by atoms with Gasteiger partial charge in [-0.25, -0.2) is 4.98 Å². The average Bonchev–Trinajstić information content (AvgIpc) is 2.48. The summed E-state index contributed by atoms with van der Waals surface area (Å²) in [7, 11) is 0. The van der Waals surface area contributed by atoms with Crippen LogP contribution in [0.5, 0.6) is 0 Å². The smallest absolute Gasteiger partial charge is 0.267 e. The van der Waals surface area contributed by atoms with Crippen LogP contribution in [0, 0.1) is 5.92 Å². The lowest BCUT2D eigenvalue weighted by Gasteiger charge is -2.31. The van der Waals surface area contributed by atoms with Crippen LogP contribution >= 0.6 is 0 Å². The van der Waals surface area contributed by atoms with Crippen LogP contribution in [-0.4, -0.2) is 37.1 Å². The number of carbonyl (C=O) groups excluding carboxylic acids is 1. The second-order valence-corrected chi connectivity index (χ2v) is 5.40. The minimum atomic E-state index is -0.470. The molecule has 0 spiro atoms. The molecule has 1 fully saturated rings. The maximum Gasteiger partial charge on any atom is 0.267 e. The molecule has 5 heteroatoms. The summed E-state index contributed by atoms with van der Waals surface area (Å²) in [6.07, 6.45) is 3.55. The first-order valence-corrected chi connectivity index (χ1v) is 7.43. The summed E-state index contributed by atoms with van der Waals surface area (Å²) >= 11 is 0. The Morgan fingerprint density at radius 1 is 1.55 bits per heavy atom. The van der Waals surface area contributed by atoms with E-state index in [4.69, 9.17) is 5.73 Å². The molecule has 110 valence electrons. The zero-order valence-corrected chi connectivity index (χ0v) is 12.1. The molecule has 0 saturated carbocycles. The van der Waals surface area contributed by atoms with E-state index in [1.54, 1.807) is 6.07 Å². The number of carbonyl (C=O) groups is 1. The monoisotopic (exact) mass is 276 g/mol. The van der Waals surface area contributed by atoms with E-state index in [0.717, 1.165) is 38.4 Å². The number of aromatic nitrogens is 1. The maximum atomic E-state index is 11.3. The summed E-state index contributed by atoms with van der Waals surface area (Å²) in [5.74, 6) is 1.03. The summed E-state index contributed by atoms with van der Waals surface area (Å²) in [6, 6.07) is 5.47. The second kappa shape index (κ2) is 7.24. The molecule has 1 aromatic heterocycles. The fourth-order valence-corrected chi connectivity index (χ4v) is 2.70. The highest BCUT2D eigenvalue weighted by molar-refractivity contribution is 5.91. The highest BCUT2D eigenvalue weighted by atomic mass is 16.1. The van der Waals surface area contributed by atoms with Crippen molar-refractivity contribution in [3.63, 3.8) is 0 Å². The average molecular weight is 276 g/mol. The van der Waals surface area contributed by atoms with E-state index >= 15 is 0 Å². The number of rotatable bonds is 6. The van der Waals surface area contributed by atoms with Gasteiger partial charge in [0.1, 0.15) is 11.5 Å². The number of piperidine rings is 1. The summed E-state index contributed by atoms with van der Waals surface area (Å²) < 4.78 is 0. The van der Waals surface area contributed by atoms with E-state index in [1.165, 1.54) is 12.8 Å². The molecule has 3 N–H and O–H groups in total. The van der Waals surface area contributed by atoms with Gasteiger partial charge in [0.15, 0.2) is 0 Å². The molecule has 0 aromatic carbocycles. The largest absolute Gasteiger partial charge is 0.364 e. The number of anilines is 1. The van der Waals surface area contributed by atoms with Gasteiger partial charge in [-0.05, 0) is 50.4 Å². The van der Waals surface area contributed by atoms with Crippen molar-refractivity contribution in [2.24, 2.45) is 11.7 Å². The first-order chi connectivity index (χ1) is 9.70.